The lowest BCUT2D eigenvalue weighted by Gasteiger charge is -2.04. The van der Waals surface area contributed by atoms with Gasteiger partial charge in [0.2, 0.25) is 0 Å². The van der Waals surface area contributed by atoms with E-state index in [4.69, 9.17) is 0 Å². The molecule has 2 rings (SSSR count). The predicted molar refractivity (Wildman–Crippen MR) is 66.5 cm³/mol. The number of aromatic nitrogens is 4. The van der Waals surface area contributed by atoms with Crippen LogP contribution in [0.15, 0.2) is 29.7 Å². The molecule has 2 aromatic heterocycles. The van der Waals surface area contributed by atoms with Gasteiger partial charge < -0.3 is 0 Å². The second-order valence-corrected chi connectivity index (χ2v) is 6.07. The van der Waals surface area contributed by atoms with Crippen LogP contribution in [0, 0.1) is 5.92 Å². The number of nitrogens with zero attached hydrogens (tertiary/aromatic N) is 3. The molecule has 18 heavy (non-hydrogen) atoms. The number of H-pyrrole nitrogens is 1. The topological polar surface area (TPSA) is 92.7 Å². The van der Waals surface area contributed by atoms with E-state index in [-0.39, 0.29) is 4.90 Å². The first-order valence-corrected chi connectivity index (χ1v) is 7.00. The first kappa shape index (κ1) is 12.6. The second-order valence-electron chi connectivity index (χ2n) is 4.38. The normalized spacial score (nSPS) is 11.9. The Bertz CT molecular complexity index is 600. The van der Waals surface area contributed by atoms with Crippen LogP contribution in [0.2, 0.25) is 0 Å². The average molecular weight is 269 g/mol. The molecule has 0 amide bonds. The number of hydrogen-bond donors (Lipinski definition) is 2. The van der Waals surface area contributed by atoms with Gasteiger partial charge in [0.05, 0.1) is 18.1 Å². The lowest BCUT2D eigenvalue weighted by atomic mass is 10.2. The Morgan fingerprint density at radius 1 is 1.44 bits per heavy atom. The smallest absolute Gasteiger partial charge is 0.265 e. The number of nitrogens with one attached hydrogen (secondary N) is 2. The summed E-state index contributed by atoms with van der Waals surface area (Å²) in [7, 11) is -3.58. The lowest BCUT2D eigenvalue weighted by molar-refractivity contribution is 0.483. The molecular formula is C10H15N5O2S. The molecule has 2 heterocycles. The van der Waals surface area contributed by atoms with Crippen LogP contribution in [0.1, 0.15) is 13.8 Å². The van der Waals surface area contributed by atoms with Crippen molar-refractivity contribution in [1.29, 1.82) is 0 Å². The third kappa shape index (κ3) is 2.89. The highest BCUT2D eigenvalue weighted by Gasteiger charge is 2.16. The van der Waals surface area contributed by atoms with Crippen molar-refractivity contribution in [3.05, 3.63) is 24.8 Å². The van der Waals surface area contributed by atoms with Gasteiger partial charge in [-0.25, -0.2) is 8.42 Å². The van der Waals surface area contributed by atoms with E-state index in [0.29, 0.717) is 11.6 Å². The number of aromatic amines is 1. The molecule has 0 atom stereocenters. The van der Waals surface area contributed by atoms with Gasteiger partial charge in [-0.15, -0.1) is 0 Å². The number of sulfonamides is 1. The van der Waals surface area contributed by atoms with Gasteiger partial charge in [0.1, 0.15) is 4.90 Å². The average Bonchev–Trinajstić information content (AvgIpc) is 2.87. The summed E-state index contributed by atoms with van der Waals surface area (Å²) < 4.78 is 27.9. The number of anilines is 1. The third-order valence-electron chi connectivity index (χ3n) is 2.22. The first-order valence-electron chi connectivity index (χ1n) is 5.51. The molecule has 2 aromatic rings. The van der Waals surface area contributed by atoms with Crippen molar-refractivity contribution in [2.24, 2.45) is 5.92 Å². The van der Waals surface area contributed by atoms with Crippen LogP contribution in [-0.4, -0.2) is 28.4 Å². The predicted octanol–water partition coefficient (Wildman–Crippen LogP) is 1.06. The Balaban J connectivity index is 2.12. The molecular weight excluding hydrogens is 254 g/mol. The van der Waals surface area contributed by atoms with Crippen LogP contribution in [0.5, 0.6) is 0 Å². The van der Waals surface area contributed by atoms with Gasteiger partial charge in [0.15, 0.2) is 0 Å². The fraction of sp³-hybridized carbons (Fsp3) is 0.400. The highest BCUT2D eigenvalue weighted by molar-refractivity contribution is 7.92. The SMILES string of the molecule is CC(C)Cn1cc(NS(=O)(=O)c2cn[nH]c2)cn1. The Labute approximate surface area is 105 Å². The van der Waals surface area contributed by atoms with Crippen molar-refractivity contribution in [2.75, 3.05) is 4.72 Å². The van der Waals surface area contributed by atoms with Gasteiger partial charge in [0.25, 0.3) is 10.0 Å². The summed E-state index contributed by atoms with van der Waals surface area (Å²) in [5.41, 5.74) is 0.442. The van der Waals surface area contributed by atoms with Crippen molar-refractivity contribution >= 4 is 15.7 Å². The van der Waals surface area contributed by atoms with Gasteiger partial charge in [-0.05, 0) is 5.92 Å². The minimum atomic E-state index is -3.58. The zero-order chi connectivity index (χ0) is 13.2. The highest BCUT2D eigenvalue weighted by Crippen LogP contribution is 2.14. The molecule has 0 spiro atoms. The molecule has 0 aliphatic carbocycles. The van der Waals surface area contributed by atoms with E-state index in [1.54, 1.807) is 10.9 Å². The zero-order valence-electron chi connectivity index (χ0n) is 10.2. The van der Waals surface area contributed by atoms with E-state index in [1.807, 2.05) is 0 Å². The van der Waals surface area contributed by atoms with Crippen molar-refractivity contribution in [3.8, 4) is 0 Å². The van der Waals surface area contributed by atoms with E-state index in [9.17, 15) is 8.42 Å². The van der Waals surface area contributed by atoms with Gasteiger partial charge in [-0.2, -0.15) is 10.2 Å². The van der Waals surface area contributed by atoms with Crippen molar-refractivity contribution < 1.29 is 8.42 Å². The monoisotopic (exact) mass is 269 g/mol. The van der Waals surface area contributed by atoms with E-state index in [1.165, 1.54) is 18.6 Å². The maximum absolute atomic E-state index is 11.9. The molecule has 0 radical (unpaired) electrons. The molecule has 0 aliphatic heterocycles. The minimum absolute atomic E-state index is 0.0964. The van der Waals surface area contributed by atoms with Crippen molar-refractivity contribution in [3.63, 3.8) is 0 Å². The second kappa shape index (κ2) is 4.81. The molecule has 0 aromatic carbocycles. The number of hydrogen-bond acceptors (Lipinski definition) is 4. The molecule has 8 heteroatoms. The summed E-state index contributed by atoms with van der Waals surface area (Å²) in [4.78, 5) is 0.0964. The maximum Gasteiger partial charge on any atom is 0.265 e. The fourth-order valence-electron chi connectivity index (χ4n) is 1.49. The Kier molecular flexibility index (Phi) is 3.37. The summed E-state index contributed by atoms with van der Waals surface area (Å²) in [6, 6.07) is 0. The minimum Gasteiger partial charge on any atom is -0.284 e. The van der Waals surface area contributed by atoms with Crippen LogP contribution in [0.4, 0.5) is 5.69 Å². The van der Waals surface area contributed by atoms with E-state index >= 15 is 0 Å². The number of rotatable bonds is 5. The van der Waals surface area contributed by atoms with Crippen LogP contribution in [-0.2, 0) is 16.6 Å². The van der Waals surface area contributed by atoms with Gasteiger partial charge in [0, 0.05) is 18.9 Å². The van der Waals surface area contributed by atoms with Gasteiger partial charge >= 0.3 is 0 Å². The molecule has 98 valence electrons. The lowest BCUT2D eigenvalue weighted by Crippen LogP contribution is -2.11. The molecule has 0 saturated carbocycles. The molecule has 2 N–H and O–H groups in total. The fourth-order valence-corrected chi connectivity index (χ4v) is 2.42. The highest BCUT2D eigenvalue weighted by atomic mass is 32.2. The maximum atomic E-state index is 11.9. The first-order chi connectivity index (χ1) is 8.47. The largest absolute Gasteiger partial charge is 0.284 e. The van der Waals surface area contributed by atoms with E-state index < -0.39 is 10.0 Å². The van der Waals surface area contributed by atoms with Crippen molar-refractivity contribution in [2.45, 2.75) is 25.3 Å². The van der Waals surface area contributed by atoms with E-state index in [2.05, 4.69) is 33.9 Å². The summed E-state index contributed by atoms with van der Waals surface area (Å²) in [6.07, 6.45) is 5.72. The Morgan fingerprint density at radius 3 is 2.83 bits per heavy atom. The van der Waals surface area contributed by atoms with Crippen molar-refractivity contribution in [1.82, 2.24) is 20.0 Å². The van der Waals surface area contributed by atoms with Crippen LogP contribution in [0.3, 0.4) is 0 Å². The molecule has 7 nitrogen and oxygen atoms in total. The zero-order valence-corrected chi connectivity index (χ0v) is 11.0. The molecule has 0 bridgehead atoms. The van der Waals surface area contributed by atoms with Crippen LogP contribution < -0.4 is 4.72 Å². The summed E-state index contributed by atoms with van der Waals surface area (Å²) in [5.74, 6) is 0.447. The molecule has 0 unspecified atom stereocenters. The Hall–Kier alpha value is -1.83. The van der Waals surface area contributed by atoms with Gasteiger partial charge in [-0.1, -0.05) is 13.8 Å². The van der Waals surface area contributed by atoms with Crippen LogP contribution >= 0.6 is 0 Å². The summed E-state index contributed by atoms with van der Waals surface area (Å²) >= 11 is 0. The summed E-state index contributed by atoms with van der Waals surface area (Å²) in [5, 5.41) is 10.2. The quantitative estimate of drug-likeness (QED) is 0.849. The molecule has 0 saturated heterocycles. The van der Waals surface area contributed by atoms with E-state index in [0.717, 1.165) is 6.54 Å². The third-order valence-corrected chi connectivity index (χ3v) is 3.57. The Morgan fingerprint density at radius 2 is 2.22 bits per heavy atom. The standard InChI is InChI=1S/C10H15N5O2S/c1-8(2)6-15-7-9(3-13-15)14-18(16,17)10-4-11-12-5-10/h3-5,7-8,14H,6H2,1-2H3,(H,11,12). The summed E-state index contributed by atoms with van der Waals surface area (Å²) in [6.45, 7) is 4.88. The van der Waals surface area contributed by atoms with Crippen LogP contribution in [0.25, 0.3) is 0 Å². The molecule has 0 fully saturated rings. The van der Waals surface area contributed by atoms with Gasteiger partial charge in [-0.3, -0.25) is 14.5 Å². The molecule has 0 aliphatic rings.